The zero-order valence-electron chi connectivity index (χ0n) is 12.7. The normalized spacial score (nSPS) is 27.6. The molecule has 3 atom stereocenters. The zero-order chi connectivity index (χ0) is 15.5. The van der Waals surface area contributed by atoms with Crippen molar-refractivity contribution in [2.24, 2.45) is 11.8 Å². The number of nitrogens with one attached hydrogen (secondary N) is 1. The van der Waals surface area contributed by atoms with Gasteiger partial charge >= 0.3 is 0 Å². The quantitative estimate of drug-likeness (QED) is 0.624. The minimum atomic E-state index is -0.247. The highest BCUT2D eigenvalue weighted by Gasteiger charge is 2.41. The van der Waals surface area contributed by atoms with Gasteiger partial charge in [-0.3, -0.25) is 11.3 Å². The third-order valence-corrected chi connectivity index (χ3v) is 5.27. The molecule has 3 N–H and O–H groups in total. The van der Waals surface area contributed by atoms with Gasteiger partial charge in [-0.2, -0.15) is 0 Å². The van der Waals surface area contributed by atoms with E-state index in [1.165, 1.54) is 12.5 Å². The van der Waals surface area contributed by atoms with Gasteiger partial charge in [-0.05, 0) is 58.8 Å². The van der Waals surface area contributed by atoms with Crippen molar-refractivity contribution >= 4 is 15.9 Å². The summed E-state index contributed by atoms with van der Waals surface area (Å²) in [4.78, 5) is 0. The molecular weight excluding hydrogens is 335 g/mol. The summed E-state index contributed by atoms with van der Waals surface area (Å²) < 4.78 is 19.7. The smallest absolute Gasteiger partial charge is 0.137 e. The average molecular weight is 359 g/mol. The van der Waals surface area contributed by atoms with E-state index in [4.69, 9.17) is 10.6 Å². The molecule has 0 heterocycles. The Hall–Kier alpha value is -0.490. The fraction of sp³-hybridized carbons (Fsp3) is 0.625. The van der Waals surface area contributed by atoms with E-state index in [1.807, 2.05) is 6.07 Å². The van der Waals surface area contributed by atoms with Gasteiger partial charge in [0.05, 0.1) is 16.1 Å². The van der Waals surface area contributed by atoms with Gasteiger partial charge in [0, 0.05) is 7.11 Å². The standard InChI is InChI=1S/C16H24BrFN2O/c1-11-4-3-7-16(10-11,21-2)15(20-19)9-12-5-6-14(18)13(17)8-12/h5-6,8,11,15,20H,3-4,7,9-10,19H2,1-2H3. The van der Waals surface area contributed by atoms with Crippen LogP contribution >= 0.6 is 15.9 Å². The molecule has 118 valence electrons. The van der Waals surface area contributed by atoms with E-state index in [2.05, 4.69) is 28.3 Å². The van der Waals surface area contributed by atoms with Crippen LogP contribution < -0.4 is 11.3 Å². The first-order valence-electron chi connectivity index (χ1n) is 7.46. The Morgan fingerprint density at radius 1 is 1.57 bits per heavy atom. The Kier molecular flexibility index (Phi) is 5.77. The lowest BCUT2D eigenvalue weighted by Gasteiger charge is -2.44. The van der Waals surface area contributed by atoms with Crippen LogP contribution in [0.2, 0.25) is 0 Å². The van der Waals surface area contributed by atoms with Crippen molar-refractivity contribution in [2.75, 3.05) is 7.11 Å². The topological polar surface area (TPSA) is 47.3 Å². The number of ether oxygens (including phenoxy) is 1. The van der Waals surface area contributed by atoms with Crippen molar-refractivity contribution in [3.05, 3.63) is 34.1 Å². The van der Waals surface area contributed by atoms with E-state index in [0.717, 1.165) is 31.2 Å². The molecule has 1 aliphatic carbocycles. The van der Waals surface area contributed by atoms with Gasteiger partial charge in [-0.25, -0.2) is 4.39 Å². The zero-order valence-corrected chi connectivity index (χ0v) is 14.2. The van der Waals surface area contributed by atoms with E-state index < -0.39 is 0 Å². The number of hydrogen-bond donors (Lipinski definition) is 2. The fourth-order valence-corrected chi connectivity index (χ4v) is 3.91. The SMILES string of the molecule is COC1(C(Cc2ccc(F)c(Br)c2)NN)CCCC(C)C1. The summed E-state index contributed by atoms with van der Waals surface area (Å²) in [5.41, 5.74) is 3.73. The molecule has 0 aromatic heterocycles. The third-order valence-electron chi connectivity index (χ3n) is 4.66. The number of rotatable bonds is 5. The molecule has 21 heavy (non-hydrogen) atoms. The maximum atomic E-state index is 13.4. The molecule has 2 rings (SSSR count). The molecule has 1 saturated carbocycles. The second kappa shape index (κ2) is 7.18. The number of benzene rings is 1. The van der Waals surface area contributed by atoms with Gasteiger partial charge in [0.2, 0.25) is 0 Å². The first-order chi connectivity index (χ1) is 10.0. The van der Waals surface area contributed by atoms with Crippen LogP contribution in [0.25, 0.3) is 0 Å². The molecule has 0 bridgehead atoms. The number of halogens is 2. The molecule has 1 aliphatic rings. The van der Waals surface area contributed by atoms with Crippen molar-refractivity contribution < 1.29 is 9.13 Å². The monoisotopic (exact) mass is 358 g/mol. The molecular formula is C16H24BrFN2O. The molecule has 0 spiro atoms. The van der Waals surface area contributed by atoms with Gasteiger partial charge in [-0.1, -0.05) is 25.8 Å². The minimum absolute atomic E-state index is 0.0163. The van der Waals surface area contributed by atoms with Gasteiger partial charge in [0.25, 0.3) is 0 Å². The van der Waals surface area contributed by atoms with Crippen LogP contribution in [0.1, 0.15) is 38.2 Å². The summed E-state index contributed by atoms with van der Waals surface area (Å²) in [6.45, 7) is 2.26. The van der Waals surface area contributed by atoms with E-state index in [-0.39, 0.29) is 17.5 Å². The van der Waals surface area contributed by atoms with Crippen molar-refractivity contribution in [3.63, 3.8) is 0 Å². The maximum absolute atomic E-state index is 13.4. The summed E-state index contributed by atoms with van der Waals surface area (Å²) in [6, 6.07) is 5.12. The van der Waals surface area contributed by atoms with Crippen molar-refractivity contribution in [2.45, 2.75) is 50.7 Å². The van der Waals surface area contributed by atoms with Gasteiger partial charge in [0.15, 0.2) is 0 Å². The Bertz CT molecular complexity index is 485. The molecule has 0 aliphatic heterocycles. The van der Waals surface area contributed by atoms with E-state index in [0.29, 0.717) is 10.4 Å². The minimum Gasteiger partial charge on any atom is -0.377 e. The van der Waals surface area contributed by atoms with Gasteiger partial charge < -0.3 is 4.74 Å². The highest BCUT2D eigenvalue weighted by molar-refractivity contribution is 9.10. The van der Waals surface area contributed by atoms with E-state index in [9.17, 15) is 4.39 Å². The highest BCUT2D eigenvalue weighted by atomic mass is 79.9. The average Bonchev–Trinajstić information content (AvgIpc) is 2.48. The molecule has 5 heteroatoms. The lowest BCUT2D eigenvalue weighted by Crippen LogP contribution is -2.57. The summed E-state index contributed by atoms with van der Waals surface area (Å²) in [6.07, 6.45) is 5.12. The largest absolute Gasteiger partial charge is 0.377 e. The van der Waals surface area contributed by atoms with Gasteiger partial charge in [0.1, 0.15) is 5.82 Å². The first kappa shape index (κ1) is 16.9. The first-order valence-corrected chi connectivity index (χ1v) is 8.25. The van der Waals surface area contributed by atoms with Gasteiger partial charge in [-0.15, -0.1) is 0 Å². The molecule has 1 fully saturated rings. The highest BCUT2D eigenvalue weighted by Crippen LogP contribution is 2.38. The second-order valence-corrected chi connectivity index (χ2v) is 7.00. The van der Waals surface area contributed by atoms with Crippen LogP contribution in [-0.4, -0.2) is 18.8 Å². The van der Waals surface area contributed by atoms with Crippen LogP contribution in [-0.2, 0) is 11.2 Å². The molecule has 0 saturated heterocycles. The van der Waals surface area contributed by atoms with Crippen molar-refractivity contribution in [1.82, 2.24) is 5.43 Å². The molecule has 1 aromatic carbocycles. The van der Waals surface area contributed by atoms with E-state index in [1.54, 1.807) is 13.2 Å². The second-order valence-electron chi connectivity index (χ2n) is 6.14. The number of methoxy groups -OCH3 is 1. The lowest BCUT2D eigenvalue weighted by atomic mass is 9.73. The molecule has 1 aromatic rings. The van der Waals surface area contributed by atoms with E-state index >= 15 is 0 Å². The van der Waals surface area contributed by atoms with Crippen LogP contribution in [0.3, 0.4) is 0 Å². The summed E-state index contributed by atoms with van der Waals surface area (Å²) in [5, 5.41) is 0. The van der Waals surface area contributed by atoms with Crippen LogP contribution in [0.15, 0.2) is 22.7 Å². The summed E-state index contributed by atoms with van der Waals surface area (Å²) >= 11 is 3.24. The number of nitrogens with two attached hydrogens (primary N) is 1. The Morgan fingerprint density at radius 2 is 2.33 bits per heavy atom. The fourth-order valence-electron chi connectivity index (χ4n) is 3.49. The third kappa shape index (κ3) is 3.83. The Labute approximate surface area is 134 Å². The van der Waals surface area contributed by atoms with Crippen molar-refractivity contribution in [3.8, 4) is 0 Å². The number of hydrogen-bond acceptors (Lipinski definition) is 3. The van der Waals surface area contributed by atoms with Crippen LogP contribution in [0, 0.1) is 11.7 Å². The molecule has 3 unspecified atom stereocenters. The Balaban J connectivity index is 2.19. The van der Waals surface area contributed by atoms with Crippen molar-refractivity contribution in [1.29, 1.82) is 0 Å². The lowest BCUT2D eigenvalue weighted by molar-refractivity contribution is -0.0791. The molecule has 3 nitrogen and oxygen atoms in total. The predicted octanol–water partition coefficient (Wildman–Crippen LogP) is 3.56. The predicted molar refractivity (Wildman–Crippen MR) is 86.3 cm³/mol. The summed E-state index contributed by atoms with van der Waals surface area (Å²) in [5.74, 6) is 6.20. The number of hydrazine groups is 1. The molecule has 0 amide bonds. The summed E-state index contributed by atoms with van der Waals surface area (Å²) in [7, 11) is 1.77. The Morgan fingerprint density at radius 3 is 2.90 bits per heavy atom. The maximum Gasteiger partial charge on any atom is 0.137 e. The molecule has 0 radical (unpaired) electrons. The van der Waals surface area contributed by atoms with Crippen LogP contribution in [0.4, 0.5) is 4.39 Å². The van der Waals surface area contributed by atoms with Crippen LogP contribution in [0.5, 0.6) is 0 Å².